The fourth-order valence-electron chi connectivity index (χ4n) is 16.2. The fraction of sp³-hybridized carbons (Fsp3) is 0.965. The van der Waals surface area contributed by atoms with Gasteiger partial charge < -0.3 is 119 Å². The molecule has 5 saturated heterocycles. The van der Waals surface area contributed by atoms with Crippen molar-refractivity contribution in [2.45, 2.75) is 285 Å². The molecule has 0 bridgehead atoms. The van der Waals surface area contributed by atoms with Crippen molar-refractivity contribution in [3.05, 3.63) is 11.6 Å². The molecule has 8 fully saturated rings. The van der Waals surface area contributed by atoms with E-state index in [1.54, 1.807) is 0 Å². The lowest BCUT2D eigenvalue weighted by atomic mass is 9.47. The second-order valence-electron chi connectivity index (χ2n) is 27.0. The number of aliphatic hydroxyl groups is 14. The van der Waals surface area contributed by atoms with Gasteiger partial charge in [-0.05, 0) is 125 Å². The average Bonchev–Trinajstić information content (AvgIpc) is 1.29. The Kier molecular flexibility index (Phi) is 21.9. The normalized spacial score (nSPS) is 51.7. The van der Waals surface area contributed by atoms with E-state index in [-0.39, 0.29) is 41.9 Å². The Morgan fingerprint density at radius 3 is 1.66 bits per heavy atom. The van der Waals surface area contributed by atoms with Crippen LogP contribution in [-0.2, 0) is 62.0 Å². The molecule has 4 aliphatic carbocycles. The van der Waals surface area contributed by atoms with E-state index in [1.165, 1.54) is 26.3 Å². The van der Waals surface area contributed by atoms with Crippen molar-refractivity contribution in [1.29, 1.82) is 0 Å². The van der Waals surface area contributed by atoms with Crippen LogP contribution in [0, 0.1) is 46.3 Å². The Morgan fingerprint density at radius 1 is 0.558 bits per heavy atom. The molecule has 86 heavy (non-hydrogen) atoms. The number of allylic oxidation sites excluding steroid dienone is 2. The second kappa shape index (κ2) is 27.3. The van der Waals surface area contributed by atoms with Crippen molar-refractivity contribution in [3.8, 4) is 0 Å². The number of rotatable bonds is 19. The van der Waals surface area contributed by atoms with Crippen LogP contribution in [0.4, 0.5) is 0 Å². The van der Waals surface area contributed by atoms with Crippen LogP contribution in [0.15, 0.2) is 11.6 Å². The molecule has 9 rings (SSSR count). The first-order chi connectivity index (χ1) is 40.3. The van der Waals surface area contributed by atoms with Crippen LogP contribution in [0.25, 0.3) is 0 Å². The topological polar surface area (TPSA) is 439 Å². The Hall–Kier alpha value is -1.35. The molecule has 0 aromatic rings. The van der Waals surface area contributed by atoms with E-state index < -0.39 is 207 Å². The van der Waals surface area contributed by atoms with E-state index in [1.807, 2.05) is 0 Å². The lowest BCUT2D eigenvalue weighted by molar-refractivity contribution is -0.407. The minimum atomic E-state index is -4.88. The predicted octanol–water partition coefficient (Wildman–Crippen LogP) is -2.64. The van der Waals surface area contributed by atoms with Crippen LogP contribution in [0.3, 0.4) is 0 Å². The molecular formula is C57H96O28S. The SMILES string of the molecule is CC(C)C[C@@H](O)C[C@@H](C)[C@H]1CCC2C3C[C@H](O[C@@H]4O[C@H](CO)[C@@H](O)[C@H](O[C@@H]5O[C@H](C)[C@@H](O[C@@H]6O[C@H](CO)[C@H](O)[C@H](O)[C@H]6O[C@@H]6O[C@H](C)[C@H](O)[C@H](O)[C@H]6O)[C@H](O)[C@H]5O[C@@H]5O[C@H](C)[C@@H](O)[C@H](O)[C@H]5O)[C@H]4O)C4C[C@@H](OS(=O)(=O)O)CC[C@]4(C)C3=CC[C@@]21C. The lowest BCUT2D eigenvalue weighted by Crippen LogP contribution is -2.68. The van der Waals surface area contributed by atoms with E-state index >= 15 is 0 Å². The summed E-state index contributed by atoms with van der Waals surface area (Å²) in [5.41, 5.74) is 0.432. The molecule has 28 nitrogen and oxygen atoms in total. The Morgan fingerprint density at radius 2 is 1.08 bits per heavy atom. The molecule has 3 saturated carbocycles. The minimum Gasteiger partial charge on any atom is -0.394 e. The molecule has 5 aliphatic heterocycles. The van der Waals surface area contributed by atoms with Gasteiger partial charge in [0, 0.05) is 0 Å². The number of ether oxygens (including phenoxy) is 10. The van der Waals surface area contributed by atoms with Crippen LogP contribution in [0.5, 0.6) is 0 Å². The minimum absolute atomic E-state index is 0.0586. The molecule has 0 aromatic carbocycles. The molecule has 0 radical (unpaired) electrons. The summed E-state index contributed by atoms with van der Waals surface area (Å²) in [6.07, 6.45) is -38.5. The van der Waals surface area contributed by atoms with Gasteiger partial charge in [-0.3, -0.25) is 4.55 Å². The third-order valence-electron chi connectivity index (χ3n) is 20.9. The van der Waals surface area contributed by atoms with E-state index in [0.29, 0.717) is 31.6 Å². The number of hydrogen-bond acceptors (Lipinski definition) is 27. The number of hydrogen-bond donors (Lipinski definition) is 15. The summed E-state index contributed by atoms with van der Waals surface area (Å²) in [6, 6.07) is 0. The zero-order valence-corrected chi connectivity index (χ0v) is 50.7. The zero-order valence-electron chi connectivity index (χ0n) is 49.9. The molecule has 5 heterocycles. The van der Waals surface area contributed by atoms with Gasteiger partial charge in [-0.1, -0.05) is 46.3 Å². The summed E-state index contributed by atoms with van der Waals surface area (Å²) in [5.74, 6) is 0.435. The van der Waals surface area contributed by atoms with Gasteiger partial charge in [-0.2, -0.15) is 8.42 Å². The van der Waals surface area contributed by atoms with Crippen molar-refractivity contribution in [2.75, 3.05) is 13.2 Å². The van der Waals surface area contributed by atoms with Gasteiger partial charge in [0.05, 0.1) is 49.8 Å². The molecule has 15 N–H and O–H groups in total. The smallest absolute Gasteiger partial charge is 0.394 e. The van der Waals surface area contributed by atoms with Crippen molar-refractivity contribution < 1.29 is 136 Å². The quantitative estimate of drug-likeness (QED) is 0.0464. The highest BCUT2D eigenvalue weighted by atomic mass is 32.3. The molecule has 35 atom stereocenters. The van der Waals surface area contributed by atoms with Gasteiger partial charge in [-0.25, -0.2) is 4.18 Å². The van der Waals surface area contributed by atoms with Crippen molar-refractivity contribution in [2.24, 2.45) is 46.3 Å². The van der Waals surface area contributed by atoms with Crippen LogP contribution in [0.2, 0.25) is 0 Å². The Bertz CT molecular complexity index is 2380. The van der Waals surface area contributed by atoms with Crippen molar-refractivity contribution in [3.63, 3.8) is 0 Å². The molecule has 0 amide bonds. The highest BCUT2D eigenvalue weighted by Gasteiger charge is 2.63. The van der Waals surface area contributed by atoms with Crippen LogP contribution in [-0.4, -0.2) is 270 Å². The van der Waals surface area contributed by atoms with E-state index in [0.717, 1.165) is 19.3 Å². The fourth-order valence-corrected chi connectivity index (χ4v) is 16.8. The molecule has 498 valence electrons. The summed E-state index contributed by atoms with van der Waals surface area (Å²) in [4.78, 5) is 0. The van der Waals surface area contributed by atoms with Crippen LogP contribution < -0.4 is 0 Å². The Balaban J connectivity index is 1.00. The summed E-state index contributed by atoms with van der Waals surface area (Å²) < 4.78 is 101. The first-order valence-electron chi connectivity index (χ1n) is 30.6. The summed E-state index contributed by atoms with van der Waals surface area (Å²) in [6.45, 7) is 13.2. The highest BCUT2D eigenvalue weighted by Crippen LogP contribution is 2.67. The van der Waals surface area contributed by atoms with E-state index in [2.05, 4.69) is 40.7 Å². The highest BCUT2D eigenvalue weighted by molar-refractivity contribution is 7.80. The average molecular weight is 1260 g/mol. The lowest BCUT2D eigenvalue weighted by Gasteiger charge is -2.59. The van der Waals surface area contributed by atoms with Gasteiger partial charge in [0.2, 0.25) is 0 Å². The zero-order chi connectivity index (χ0) is 63.0. The molecular weight excluding hydrogens is 1160 g/mol. The van der Waals surface area contributed by atoms with Gasteiger partial charge in [-0.15, -0.1) is 0 Å². The van der Waals surface area contributed by atoms with Crippen LogP contribution in [0.1, 0.15) is 113 Å². The van der Waals surface area contributed by atoms with Gasteiger partial charge in [0.25, 0.3) is 0 Å². The Labute approximate surface area is 501 Å². The molecule has 3 unspecified atom stereocenters. The predicted molar refractivity (Wildman–Crippen MR) is 291 cm³/mol. The summed E-state index contributed by atoms with van der Waals surface area (Å²) in [7, 11) is -4.88. The molecule has 0 spiro atoms. The van der Waals surface area contributed by atoms with Crippen molar-refractivity contribution >= 4 is 10.4 Å². The molecule has 29 heteroatoms. The maximum atomic E-state index is 12.5. The number of fused-ring (bicyclic) bond motifs is 5. The summed E-state index contributed by atoms with van der Waals surface area (Å²) in [5, 5.41) is 156. The first kappa shape index (κ1) is 69.0. The van der Waals surface area contributed by atoms with E-state index in [9.17, 15) is 84.5 Å². The molecule has 9 aliphatic rings. The largest absolute Gasteiger partial charge is 0.397 e. The third kappa shape index (κ3) is 13.7. The second-order valence-corrected chi connectivity index (χ2v) is 28.0. The van der Waals surface area contributed by atoms with Gasteiger partial charge in [0.1, 0.15) is 104 Å². The van der Waals surface area contributed by atoms with E-state index in [4.69, 9.17) is 51.6 Å². The van der Waals surface area contributed by atoms with Gasteiger partial charge in [0.15, 0.2) is 31.5 Å². The number of aliphatic hydroxyl groups excluding tert-OH is 14. The monoisotopic (exact) mass is 1260 g/mol. The van der Waals surface area contributed by atoms with Crippen LogP contribution >= 0.6 is 0 Å². The maximum Gasteiger partial charge on any atom is 0.397 e. The van der Waals surface area contributed by atoms with Crippen molar-refractivity contribution in [1.82, 2.24) is 0 Å². The molecule has 0 aromatic heterocycles. The summed E-state index contributed by atoms with van der Waals surface area (Å²) >= 11 is 0. The first-order valence-corrected chi connectivity index (χ1v) is 32.0. The standard InChI is InChI=1S/C57H96O28S/c1-21(2)15-26(60)16-22(3)29-9-10-30-28-18-33(32-17-27(85-86(72,73)74)11-13-57(32,8)31(28)12-14-56(29,30)7)78-53-46(71)48(39(64)35(20-59)79-53)82-54-50(84-52-44(69)41(66)37(62)24(5)76-52)45(70)47(25(6)77-54)81-55-49(42(67)38(63)34(19-58)80-55)83-51-43(68)40(65)36(61)23(4)75-51/h12,21-30,32-55,58-71H,9-11,13-20H2,1-8H3,(H,72,73,74)/t22-,23-,24-,25-,26-,27+,28?,29-,30?,32?,33+,34-,35-,36+,37-,38+,39-,40+,41+,42+,43-,44-,45+,46-,47-,48+,49-,50-,51+,52+,53-,54+,55+,56-,57-/m1/s1. The van der Waals surface area contributed by atoms with Gasteiger partial charge >= 0.3 is 10.4 Å². The third-order valence-corrected chi connectivity index (χ3v) is 21.4. The maximum absolute atomic E-state index is 12.5.